The Morgan fingerprint density at radius 2 is 2.07 bits per heavy atom. The minimum atomic E-state index is -0.538. The summed E-state index contributed by atoms with van der Waals surface area (Å²) in [6.07, 6.45) is 1.42. The Morgan fingerprint density at radius 3 is 2.57 bits per heavy atom. The number of primary amides is 1. The van der Waals surface area contributed by atoms with Gasteiger partial charge in [-0.3, -0.25) is 0 Å². The number of nitrogens with two attached hydrogens (primary N) is 1. The Balaban J connectivity index is 3.26. The molecule has 0 fully saturated rings. The third-order valence-electron chi connectivity index (χ3n) is 1.45. The van der Waals surface area contributed by atoms with Crippen LogP contribution in [-0.2, 0) is 9.53 Å². The van der Waals surface area contributed by atoms with E-state index >= 15 is 0 Å². The van der Waals surface area contributed by atoms with Crippen LogP contribution in [0.4, 0.5) is 4.79 Å². The molecule has 0 saturated heterocycles. The van der Waals surface area contributed by atoms with Gasteiger partial charge in [-0.25, -0.2) is 9.59 Å². The molecule has 5 nitrogen and oxygen atoms in total. The van der Waals surface area contributed by atoms with E-state index in [4.69, 9.17) is 10.5 Å². The van der Waals surface area contributed by atoms with E-state index in [9.17, 15) is 9.59 Å². The highest BCUT2D eigenvalue weighted by Gasteiger charge is 2.01. The third-order valence-corrected chi connectivity index (χ3v) is 1.45. The van der Waals surface area contributed by atoms with Gasteiger partial charge >= 0.3 is 12.0 Å². The molecule has 0 aromatic heterocycles. The van der Waals surface area contributed by atoms with E-state index in [0.717, 1.165) is 6.42 Å². The van der Waals surface area contributed by atoms with E-state index < -0.39 is 6.03 Å². The summed E-state index contributed by atoms with van der Waals surface area (Å²) in [6.45, 7) is 5.88. The minimum Gasteiger partial charge on any atom is -0.462 e. The van der Waals surface area contributed by atoms with Crippen molar-refractivity contribution in [2.45, 2.75) is 19.8 Å². The van der Waals surface area contributed by atoms with Gasteiger partial charge in [0.1, 0.15) is 0 Å². The second-order valence-corrected chi connectivity index (χ2v) is 2.91. The maximum Gasteiger partial charge on any atom is 0.333 e. The van der Waals surface area contributed by atoms with Crippen molar-refractivity contribution in [3.05, 3.63) is 12.2 Å². The Hall–Kier alpha value is -1.52. The zero-order valence-electron chi connectivity index (χ0n) is 8.34. The lowest BCUT2D eigenvalue weighted by atomic mass is 10.3. The maximum atomic E-state index is 10.9. The van der Waals surface area contributed by atoms with Crippen molar-refractivity contribution < 1.29 is 14.3 Å². The first-order valence-corrected chi connectivity index (χ1v) is 4.40. The Kier molecular flexibility index (Phi) is 6.19. The zero-order chi connectivity index (χ0) is 11.0. The van der Waals surface area contributed by atoms with Crippen LogP contribution in [-0.4, -0.2) is 25.2 Å². The number of hydrogen-bond acceptors (Lipinski definition) is 3. The molecule has 0 aliphatic rings. The van der Waals surface area contributed by atoms with Crippen LogP contribution < -0.4 is 11.1 Å². The number of carbonyl (C=O) groups excluding carboxylic acids is 2. The summed E-state index contributed by atoms with van der Waals surface area (Å²) in [5.74, 6) is -0.382. The molecule has 0 heterocycles. The number of nitrogens with one attached hydrogen (secondary N) is 1. The van der Waals surface area contributed by atoms with Crippen molar-refractivity contribution in [3.63, 3.8) is 0 Å². The predicted molar refractivity (Wildman–Crippen MR) is 52.6 cm³/mol. The fourth-order valence-corrected chi connectivity index (χ4v) is 0.727. The number of urea groups is 1. The van der Waals surface area contributed by atoms with Gasteiger partial charge in [-0.2, -0.15) is 0 Å². The predicted octanol–water partition coefficient (Wildman–Crippen LogP) is 0.554. The van der Waals surface area contributed by atoms with Gasteiger partial charge in [0.2, 0.25) is 0 Å². The smallest absolute Gasteiger partial charge is 0.333 e. The van der Waals surface area contributed by atoms with E-state index in [1.165, 1.54) is 0 Å². The van der Waals surface area contributed by atoms with E-state index in [1.54, 1.807) is 6.92 Å². The normalized spacial score (nSPS) is 9.21. The van der Waals surface area contributed by atoms with E-state index in [2.05, 4.69) is 11.9 Å². The van der Waals surface area contributed by atoms with Crippen molar-refractivity contribution in [2.24, 2.45) is 5.73 Å². The van der Waals surface area contributed by atoms with E-state index in [0.29, 0.717) is 25.1 Å². The fraction of sp³-hybridized carbons (Fsp3) is 0.556. The molecule has 0 aromatic carbocycles. The number of ether oxygens (including phenoxy) is 1. The molecule has 0 aliphatic heterocycles. The lowest BCUT2D eigenvalue weighted by molar-refractivity contribution is -0.139. The molecular formula is C9H16N2O3. The summed E-state index contributed by atoms with van der Waals surface area (Å²) in [7, 11) is 0. The van der Waals surface area contributed by atoms with Crippen LogP contribution in [0, 0.1) is 0 Å². The largest absolute Gasteiger partial charge is 0.462 e. The van der Waals surface area contributed by atoms with Crippen molar-refractivity contribution >= 4 is 12.0 Å². The highest BCUT2D eigenvalue weighted by molar-refractivity contribution is 5.86. The molecule has 5 heteroatoms. The van der Waals surface area contributed by atoms with Crippen molar-refractivity contribution in [3.8, 4) is 0 Å². The Labute approximate surface area is 83.3 Å². The lowest BCUT2D eigenvalue weighted by Crippen LogP contribution is -2.30. The molecule has 0 radical (unpaired) electrons. The van der Waals surface area contributed by atoms with E-state index in [1.807, 2.05) is 0 Å². The number of unbranched alkanes of at least 4 members (excludes halogenated alkanes) is 1. The van der Waals surface area contributed by atoms with Crippen LogP contribution in [0.3, 0.4) is 0 Å². The number of esters is 1. The standard InChI is InChI=1S/C9H16N2O3/c1-7(2)8(12)14-6-4-3-5-11-9(10)13/h1,3-6H2,2H3,(H3,10,11,13). The van der Waals surface area contributed by atoms with Gasteiger partial charge < -0.3 is 15.8 Å². The van der Waals surface area contributed by atoms with Gasteiger partial charge in [0.05, 0.1) is 6.61 Å². The van der Waals surface area contributed by atoms with Gasteiger partial charge in [0.15, 0.2) is 0 Å². The fourth-order valence-electron chi connectivity index (χ4n) is 0.727. The number of amides is 2. The average Bonchev–Trinajstić information content (AvgIpc) is 2.09. The topological polar surface area (TPSA) is 81.4 Å². The summed E-state index contributed by atoms with van der Waals surface area (Å²) in [4.78, 5) is 21.1. The molecule has 0 aliphatic carbocycles. The second-order valence-electron chi connectivity index (χ2n) is 2.91. The quantitative estimate of drug-likeness (QED) is 0.373. The number of carbonyl (C=O) groups is 2. The Bertz CT molecular complexity index is 226. The van der Waals surface area contributed by atoms with Gasteiger partial charge in [0.25, 0.3) is 0 Å². The van der Waals surface area contributed by atoms with Gasteiger partial charge in [0, 0.05) is 12.1 Å². The van der Waals surface area contributed by atoms with Gasteiger partial charge in [-0.05, 0) is 19.8 Å². The lowest BCUT2D eigenvalue weighted by Gasteiger charge is -2.04. The first-order chi connectivity index (χ1) is 6.54. The maximum absolute atomic E-state index is 10.9. The zero-order valence-corrected chi connectivity index (χ0v) is 8.34. The molecule has 2 amide bonds. The molecule has 0 unspecified atom stereocenters. The first kappa shape index (κ1) is 12.5. The first-order valence-electron chi connectivity index (χ1n) is 4.40. The van der Waals surface area contributed by atoms with Gasteiger partial charge in [-0.1, -0.05) is 6.58 Å². The molecule has 0 spiro atoms. The number of rotatable bonds is 6. The monoisotopic (exact) mass is 200 g/mol. The van der Waals surface area contributed by atoms with Crippen LogP contribution in [0.25, 0.3) is 0 Å². The molecule has 14 heavy (non-hydrogen) atoms. The minimum absolute atomic E-state index is 0.339. The van der Waals surface area contributed by atoms with Crippen molar-refractivity contribution in [1.29, 1.82) is 0 Å². The average molecular weight is 200 g/mol. The SMILES string of the molecule is C=C(C)C(=O)OCCCCNC(N)=O. The molecule has 80 valence electrons. The van der Waals surface area contributed by atoms with E-state index in [-0.39, 0.29) is 5.97 Å². The van der Waals surface area contributed by atoms with Crippen molar-refractivity contribution in [1.82, 2.24) is 5.32 Å². The van der Waals surface area contributed by atoms with Crippen LogP contribution in [0.2, 0.25) is 0 Å². The van der Waals surface area contributed by atoms with Gasteiger partial charge in [-0.15, -0.1) is 0 Å². The van der Waals surface area contributed by atoms with Crippen LogP contribution in [0.5, 0.6) is 0 Å². The van der Waals surface area contributed by atoms with Crippen LogP contribution in [0.1, 0.15) is 19.8 Å². The van der Waals surface area contributed by atoms with Crippen molar-refractivity contribution in [2.75, 3.05) is 13.2 Å². The molecular weight excluding hydrogens is 184 g/mol. The summed E-state index contributed by atoms with van der Waals surface area (Å²) in [5.41, 5.74) is 5.24. The molecule has 0 rings (SSSR count). The summed E-state index contributed by atoms with van der Waals surface area (Å²) >= 11 is 0. The summed E-state index contributed by atoms with van der Waals surface area (Å²) < 4.78 is 4.83. The third kappa shape index (κ3) is 7.15. The molecule has 3 N–H and O–H groups in total. The summed E-state index contributed by atoms with van der Waals surface area (Å²) in [5, 5.41) is 2.44. The summed E-state index contributed by atoms with van der Waals surface area (Å²) in [6, 6.07) is -0.538. The van der Waals surface area contributed by atoms with Crippen LogP contribution in [0.15, 0.2) is 12.2 Å². The van der Waals surface area contributed by atoms with Crippen LogP contribution >= 0.6 is 0 Å². The number of hydrogen-bond donors (Lipinski definition) is 2. The molecule has 0 bridgehead atoms. The highest BCUT2D eigenvalue weighted by Crippen LogP contribution is 1.95. The second kappa shape index (κ2) is 6.94. The highest BCUT2D eigenvalue weighted by atomic mass is 16.5. The molecule has 0 aromatic rings. The Morgan fingerprint density at radius 1 is 1.43 bits per heavy atom. The molecule has 0 saturated carbocycles. The molecule has 0 atom stereocenters.